The topological polar surface area (TPSA) is 66.7 Å². The van der Waals surface area contributed by atoms with Crippen LogP contribution in [0.4, 0.5) is 0 Å². The van der Waals surface area contributed by atoms with Crippen LogP contribution in [0.3, 0.4) is 0 Å². The number of likely N-dealkylation sites (tertiary alicyclic amines) is 1. The van der Waals surface area contributed by atoms with Crippen LogP contribution in [0.2, 0.25) is 0 Å². The normalized spacial score (nSPS) is 15.2. The van der Waals surface area contributed by atoms with Gasteiger partial charge >= 0.3 is 0 Å². The highest BCUT2D eigenvalue weighted by molar-refractivity contribution is 7.98. The molecular weight excluding hydrogens is 420 g/mol. The highest BCUT2D eigenvalue weighted by Gasteiger charge is 2.30. The molecule has 2 aromatic heterocycles. The minimum Gasteiger partial charge on any atom is -0.349 e. The third-order valence-electron chi connectivity index (χ3n) is 5.68. The molecule has 32 heavy (non-hydrogen) atoms. The molecule has 0 saturated carbocycles. The number of amides is 2. The molecule has 0 radical (unpaired) electrons. The number of benzene rings is 1. The van der Waals surface area contributed by atoms with E-state index in [0.29, 0.717) is 18.7 Å². The van der Waals surface area contributed by atoms with Crippen molar-refractivity contribution in [3.63, 3.8) is 0 Å². The van der Waals surface area contributed by atoms with Crippen molar-refractivity contribution in [2.24, 2.45) is 5.41 Å². The minimum absolute atomic E-state index is 0.0532. The Labute approximate surface area is 193 Å². The van der Waals surface area contributed by atoms with Crippen molar-refractivity contribution in [2.45, 2.75) is 50.3 Å². The summed E-state index contributed by atoms with van der Waals surface area (Å²) < 4.78 is 2.02. The fraction of sp³-hybridized carbons (Fsp3) is 0.400. The first-order valence-corrected chi connectivity index (χ1v) is 12.0. The number of hydrogen-bond donors (Lipinski definition) is 1. The van der Waals surface area contributed by atoms with Gasteiger partial charge in [-0.25, -0.2) is 4.98 Å². The van der Waals surface area contributed by atoms with Crippen LogP contribution in [-0.4, -0.2) is 45.2 Å². The van der Waals surface area contributed by atoms with Crippen LogP contribution in [0.1, 0.15) is 49.7 Å². The van der Waals surface area contributed by atoms with Gasteiger partial charge in [0.1, 0.15) is 5.65 Å². The van der Waals surface area contributed by atoms with Crippen molar-refractivity contribution in [1.82, 2.24) is 19.6 Å². The molecule has 0 atom stereocenters. The van der Waals surface area contributed by atoms with E-state index in [9.17, 15) is 9.59 Å². The lowest BCUT2D eigenvalue weighted by atomic mass is 9.93. The van der Waals surface area contributed by atoms with Crippen molar-refractivity contribution < 1.29 is 9.59 Å². The molecule has 3 aromatic rings. The number of carbonyl (C=O) groups is 2. The van der Waals surface area contributed by atoms with Crippen LogP contribution >= 0.6 is 11.8 Å². The van der Waals surface area contributed by atoms with Crippen molar-refractivity contribution in [2.75, 3.05) is 13.1 Å². The average Bonchev–Trinajstić information content (AvgIpc) is 3.20. The van der Waals surface area contributed by atoms with Gasteiger partial charge < -0.3 is 14.6 Å². The van der Waals surface area contributed by atoms with Crippen LogP contribution in [-0.2, 0) is 10.5 Å². The van der Waals surface area contributed by atoms with Crippen molar-refractivity contribution in [3.8, 4) is 0 Å². The molecule has 0 aliphatic carbocycles. The van der Waals surface area contributed by atoms with Gasteiger partial charge in [0.15, 0.2) is 0 Å². The highest BCUT2D eigenvalue weighted by atomic mass is 32.2. The Morgan fingerprint density at radius 2 is 1.81 bits per heavy atom. The Balaban J connectivity index is 1.26. The Morgan fingerprint density at radius 1 is 1.09 bits per heavy atom. The van der Waals surface area contributed by atoms with Crippen LogP contribution in [0, 0.1) is 5.41 Å². The molecule has 2 amide bonds. The summed E-state index contributed by atoms with van der Waals surface area (Å²) in [6.45, 7) is 7.23. The predicted octanol–water partition coefficient (Wildman–Crippen LogP) is 4.39. The van der Waals surface area contributed by atoms with Gasteiger partial charge in [0.25, 0.3) is 5.91 Å². The van der Waals surface area contributed by atoms with Crippen molar-refractivity contribution in [1.29, 1.82) is 0 Å². The number of thioether (sulfide) groups is 1. The number of imidazole rings is 1. The molecule has 0 spiro atoms. The van der Waals surface area contributed by atoms with Gasteiger partial charge in [-0.15, -0.1) is 11.8 Å². The molecule has 1 saturated heterocycles. The number of rotatable bonds is 5. The van der Waals surface area contributed by atoms with Gasteiger partial charge in [0.2, 0.25) is 5.91 Å². The van der Waals surface area contributed by atoms with Crippen LogP contribution in [0.5, 0.6) is 0 Å². The second-order valence-electron chi connectivity index (χ2n) is 9.30. The molecule has 1 aromatic carbocycles. The predicted molar refractivity (Wildman–Crippen MR) is 128 cm³/mol. The monoisotopic (exact) mass is 450 g/mol. The second kappa shape index (κ2) is 9.36. The third kappa shape index (κ3) is 5.33. The van der Waals surface area contributed by atoms with Crippen LogP contribution < -0.4 is 5.32 Å². The zero-order valence-corrected chi connectivity index (χ0v) is 19.7. The summed E-state index contributed by atoms with van der Waals surface area (Å²) in [5.41, 5.74) is 2.28. The molecule has 0 unspecified atom stereocenters. The van der Waals surface area contributed by atoms with E-state index >= 15 is 0 Å². The summed E-state index contributed by atoms with van der Waals surface area (Å²) in [4.78, 5) is 32.7. The van der Waals surface area contributed by atoms with E-state index in [1.807, 2.05) is 84.9 Å². The van der Waals surface area contributed by atoms with Gasteiger partial charge in [-0.1, -0.05) is 26.8 Å². The number of aromatic nitrogens is 2. The summed E-state index contributed by atoms with van der Waals surface area (Å²) in [6, 6.07) is 13.8. The Hall–Kier alpha value is -2.80. The van der Waals surface area contributed by atoms with E-state index < -0.39 is 0 Å². The summed E-state index contributed by atoms with van der Waals surface area (Å²) >= 11 is 1.70. The lowest BCUT2D eigenvalue weighted by Gasteiger charge is -2.36. The molecule has 4 rings (SSSR count). The van der Waals surface area contributed by atoms with Gasteiger partial charge in [-0.2, -0.15) is 0 Å². The van der Waals surface area contributed by atoms with Gasteiger partial charge in [0, 0.05) is 53.2 Å². The van der Waals surface area contributed by atoms with Crippen molar-refractivity contribution in [3.05, 3.63) is 66.1 Å². The maximum absolute atomic E-state index is 12.7. The first-order valence-electron chi connectivity index (χ1n) is 11.1. The number of fused-ring (bicyclic) bond motifs is 1. The standard InChI is InChI=1S/C25H30N4O2S/c1-25(2,3)24(31)28-14-11-19(12-15-28)27-23(30)18-7-9-21(10-8-18)32-17-20-16-29-13-5-4-6-22(29)26-20/h4-10,13,16,19H,11-12,14-15,17H2,1-3H3,(H,27,30). The lowest BCUT2D eigenvalue weighted by molar-refractivity contribution is -0.140. The summed E-state index contributed by atoms with van der Waals surface area (Å²) in [6.07, 6.45) is 5.63. The fourth-order valence-electron chi connectivity index (χ4n) is 3.89. The number of carbonyl (C=O) groups excluding carboxylic acids is 2. The van der Waals surface area contributed by atoms with E-state index in [4.69, 9.17) is 0 Å². The molecular formula is C25H30N4O2S. The van der Waals surface area contributed by atoms with E-state index in [1.165, 1.54) is 0 Å². The summed E-state index contributed by atoms with van der Waals surface area (Å²) in [7, 11) is 0. The largest absolute Gasteiger partial charge is 0.349 e. The maximum atomic E-state index is 12.7. The molecule has 1 aliphatic rings. The van der Waals surface area contributed by atoms with Crippen LogP contribution in [0.15, 0.2) is 59.8 Å². The quantitative estimate of drug-likeness (QED) is 0.586. The molecule has 0 bridgehead atoms. The highest BCUT2D eigenvalue weighted by Crippen LogP contribution is 2.24. The molecule has 6 nitrogen and oxygen atoms in total. The number of hydrogen-bond acceptors (Lipinski definition) is 4. The van der Waals surface area contributed by atoms with E-state index in [2.05, 4.69) is 10.3 Å². The molecule has 1 fully saturated rings. The van der Waals surface area contributed by atoms with Gasteiger partial charge in [0.05, 0.1) is 5.69 Å². The minimum atomic E-state index is -0.360. The zero-order chi connectivity index (χ0) is 22.7. The van der Waals surface area contributed by atoms with Crippen molar-refractivity contribution >= 4 is 29.2 Å². The summed E-state index contributed by atoms with van der Waals surface area (Å²) in [5.74, 6) is 0.903. The molecule has 1 N–H and O–H groups in total. The molecule has 1 aliphatic heterocycles. The Morgan fingerprint density at radius 3 is 2.47 bits per heavy atom. The van der Waals surface area contributed by atoms with Gasteiger partial charge in [-0.3, -0.25) is 9.59 Å². The van der Waals surface area contributed by atoms with E-state index in [1.54, 1.807) is 11.8 Å². The second-order valence-corrected chi connectivity index (χ2v) is 10.4. The number of nitrogens with one attached hydrogen (secondary N) is 1. The first kappa shape index (κ1) is 22.4. The third-order valence-corrected chi connectivity index (χ3v) is 6.72. The van der Waals surface area contributed by atoms with E-state index in [-0.39, 0.29) is 23.3 Å². The number of pyridine rings is 1. The van der Waals surface area contributed by atoms with Crippen LogP contribution in [0.25, 0.3) is 5.65 Å². The average molecular weight is 451 g/mol. The molecule has 7 heteroatoms. The Kier molecular flexibility index (Phi) is 6.55. The first-order chi connectivity index (χ1) is 15.3. The SMILES string of the molecule is CC(C)(C)C(=O)N1CCC(NC(=O)c2ccc(SCc3cn4ccccc4n3)cc2)CC1. The number of nitrogens with zero attached hydrogens (tertiary/aromatic N) is 3. The smallest absolute Gasteiger partial charge is 0.251 e. The lowest BCUT2D eigenvalue weighted by Crippen LogP contribution is -2.49. The number of piperidine rings is 1. The fourth-order valence-corrected chi connectivity index (χ4v) is 4.67. The molecule has 3 heterocycles. The van der Waals surface area contributed by atoms with E-state index in [0.717, 1.165) is 34.8 Å². The Bertz CT molecular complexity index is 1060. The maximum Gasteiger partial charge on any atom is 0.251 e. The molecule has 168 valence electrons. The summed E-state index contributed by atoms with van der Waals surface area (Å²) in [5, 5.41) is 3.13. The zero-order valence-electron chi connectivity index (χ0n) is 18.9. The van der Waals surface area contributed by atoms with Gasteiger partial charge in [-0.05, 0) is 49.2 Å².